The van der Waals surface area contributed by atoms with Crippen LogP contribution in [0.25, 0.3) is 0 Å². The summed E-state index contributed by atoms with van der Waals surface area (Å²) in [5.74, 6) is -0.745. The van der Waals surface area contributed by atoms with Crippen molar-refractivity contribution in [2.45, 2.75) is 13.1 Å². The third-order valence-corrected chi connectivity index (χ3v) is 4.68. The van der Waals surface area contributed by atoms with E-state index in [0.717, 1.165) is 5.56 Å². The number of hydrogen-bond donors (Lipinski definition) is 1. The van der Waals surface area contributed by atoms with Crippen LogP contribution in [0.4, 0.5) is 4.39 Å². The largest absolute Gasteiger partial charge is 0.335 e. The van der Waals surface area contributed by atoms with Gasteiger partial charge in [0, 0.05) is 31.6 Å². The highest BCUT2D eigenvalue weighted by Crippen LogP contribution is 2.15. The van der Waals surface area contributed by atoms with Crippen molar-refractivity contribution in [3.05, 3.63) is 51.7 Å². The van der Waals surface area contributed by atoms with Gasteiger partial charge >= 0.3 is 0 Å². The van der Waals surface area contributed by atoms with Crippen molar-refractivity contribution in [1.29, 1.82) is 0 Å². The van der Waals surface area contributed by atoms with Crippen molar-refractivity contribution >= 4 is 23.2 Å². The number of amides is 2. The molecule has 3 rings (SSSR count). The maximum atomic E-state index is 13.2. The summed E-state index contributed by atoms with van der Waals surface area (Å²) in [5, 5.41) is 2.35. The molecule has 0 atom stereocenters. The summed E-state index contributed by atoms with van der Waals surface area (Å²) in [5.41, 5.74) is 6.56. The fourth-order valence-corrected chi connectivity index (χ4v) is 3.22. The van der Waals surface area contributed by atoms with Crippen molar-refractivity contribution in [2.75, 3.05) is 19.6 Å². The third-order valence-electron chi connectivity index (χ3n) is 3.81. The molecule has 0 saturated carbocycles. The molecular weight excluding hydrogens is 331 g/mol. The molecule has 0 radical (unpaired) electrons. The molecule has 2 N–H and O–H groups in total. The number of carbonyl (C=O) groups excluding carboxylic acids is 2. The Labute approximate surface area is 142 Å². The SMILES string of the molecule is NCc1nc(C(=O)N2CCN(Cc3cccc(F)c3)C(=O)C2)cs1. The lowest BCUT2D eigenvalue weighted by molar-refractivity contribution is -0.135. The maximum absolute atomic E-state index is 13.2. The number of halogens is 1. The Morgan fingerprint density at radius 2 is 2.21 bits per heavy atom. The van der Waals surface area contributed by atoms with E-state index in [2.05, 4.69) is 4.98 Å². The second-order valence-corrected chi connectivity index (χ2v) is 6.45. The van der Waals surface area contributed by atoms with Crippen molar-refractivity contribution in [3.63, 3.8) is 0 Å². The Morgan fingerprint density at radius 3 is 2.88 bits per heavy atom. The minimum atomic E-state index is -0.326. The Bertz CT molecular complexity index is 764. The van der Waals surface area contributed by atoms with Gasteiger partial charge in [0.25, 0.3) is 5.91 Å². The van der Waals surface area contributed by atoms with Crippen molar-refractivity contribution in [2.24, 2.45) is 5.73 Å². The molecule has 126 valence electrons. The van der Waals surface area contributed by atoms with E-state index < -0.39 is 0 Å². The Morgan fingerprint density at radius 1 is 1.38 bits per heavy atom. The third kappa shape index (κ3) is 3.60. The first kappa shape index (κ1) is 16.5. The predicted octanol–water partition coefficient (Wildman–Crippen LogP) is 1.23. The summed E-state index contributed by atoms with van der Waals surface area (Å²) >= 11 is 1.33. The van der Waals surface area contributed by atoms with E-state index in [-0.39, 0.29) is 30.7 Å². The van der Waals surface area contributed by atoms with Crippen molar-refractivity contribution in [3.8, 4) is 0 Å². The quantitative estimate of drug-likeness (QED) is 0.901. The van der Waals surface area contributed by atoms with Gasteiger partial charge in [0.1, 0.15) is 23.1 Å². The molecule has 24 heavy (non-hydrogen) atoms. The number of thiazole rings is 1. The summed E-state index contributed by atoms with van der Waals surface area (Å²) in [6.07, 6.45) is 0. The molecule has 0 bridgehead atoms. The van der Waals surface area contributed by atoms with Gasteiger partial charge in [-0.3, -0.25) is 9.59 Å². The van der Waals surface area contributed by atoms with E-state index in [9.17, 15) is 14.0 Å². The highest BCUT2D eigenvalue weighted by molar-refractivity contribution is 7.09. The number of piperazine rings is 1. The van der Waals surface area contributed by atoms with Crippen molar-refractivity contribution < 1.29 is 14.0 Å². The first-order chi connectivity index (χ1) is 11.6. The average Bonchev–Trinajstić information content (AvgIpc) is 3.05. The first-order valence-corrected chi connectivity index (χ1v) is 8.40. The van der Waals surface area contributed by atoms with Crippen LogP contribution in [-0.2, 0) is 17.9 Å². The Kier molecular flexibility index (Phi) is 4.86. The number of benzene rings is 1. The number of nitrogens with zero attached hydrogens (tertiary/aromatic N) is 3. The molecule has 0 aliphatic carbocycles. The van der Waals surface area contributed by atoms with Gasteiger partial charge in [0.2, 0.25) is 5.91 Å². The van der Waals surface area contributed by atoms with Crippen molar-refractivity contribution in [1.82, 2.24) is 14.8 Å². The van der Waals surface area contributed by atoms with Gasteiger partial charge in [0.15, 0.2) is 0 Å². The molecule has 1 aliphatic heterocycles. The standard InChI is InChI=1S/C16H17FN4O2S/c17-12-3-1-2-11(6-12)8-20-4-5-21(9-15(20)22)16(23)13-10-24-14(7-18)19-13/h1-3,6,10H,4-5,7-9,18H2. The highest BCUT2D eigenvalue weighted by atomic mass is 32.1. The monoisotopic (exact) mass is 348 g/mol. The number of nitrogens with two attached hydrogens (primary N) is 1. The topological polar surface area (TPSA) is 79.5 Å². The van der Waals surface area contributed by atoms with Crippen LogP contribution in [0.1, 0.15) is 21.1 Å². The van der Waals surface area contributed by atoms with Gasteiger partial charge in [0.05, 0.1) is 0 Å². The molecule has 2 heterocycles. The van der Waals surface area contributed by atoms with E-state index in [1.807, 2.05) is 0 Å². The summed E-state index contributed by atoms with van der Waals surface area (Å²) in [6, 6.07) is 6.17. The zero-order valence-electron chi connectivity index (χ0n) is 12.9. The minimum Gasteiger partial charge on any atom is -0.335 e. The van der Waals surface area contributed by atoms with E-state index >= 15 is 0 Å². The van der Waals surface area contributed by atoms with Crippen LogP contribution in [0, 0.1) is 5.82 Å². The predicted molar refractivity (Wildman–Crippen MR) is 87.7 cm³/mol. The summed E-state index contributed by atoms with van der Waals surface area (Å²) in [6.45, 7) is 1.47. The second-order valence-electron chi connectivity index (χ2n) is 5.50. The van der Waals surface area contributed by atoms with E-state index in [4.69, 9.17) is 5.73 Å². The van der Waals surface area contributed by atoms with E-state index in [0.29, 0.717) is 30.3 Å². The highest BCUT2D eigenvalue weighted by Gasteiger charge is 2.28. The van der Waals surface area contributed by atoms with E-state index in [1.54, 1.807) is 22.4 Å². The van der Waals surface area contributed by atoms with Crippen LogP contribution in [0.5, 0.6) is 0 Å². The molecule has 6 nitrogen and oxygen atoms in total. The van der Waals surface area contributed by atoms with Gasteiger partial charge < -0.3 is 15.5 Å². The van der Waals surface area contributed by atoms with Gasteiger partial charge in [-0.25, -0.2) is 9.37 Å². The number of rotatable bonds is 4. The number of carbonyl (C=O) groups is 2. The minimum absolute atomic E-state index is 0.00361. The average molecular weight is 348 g/mol. The van der Waals surface area contributed by atoms with Crippen LogP contribution in [0.15, 0.2) is 29.6 Å². The molecule has 1 saturated heterocycles. The molecule has 0 spiro atoms. The zero-order chi connectivity index (χ0) is 17.1. The van der Waals surface area contributed by atoms with Gasteiger partial charge in [-0.2, -0.15) is 0 Å². The zero-order valence-corrected chi connectivity index (χ0v) is 13.8. The fraction of sp³-hybridized carbons (Fsp3) is 0.312. The molecule has 1 fully saturated rings. The van der Waals surface area contributed by atoms with Crippen LogP contribution in [0.3, 0.4) is 0 Å². The van der Waals surface area contributed by atoms with Crippen LogP contribution >= 0.6 is 11.3 Å². The molecule has 2 amide bonds. The van der Waals surface area contributed by atoms with E-state index in [1.165, 1.54) is 28.4 Å². The Balaban J connectivity index is 1.62. The van der Waals surface area contributed by atoms with Crippen LogP contribution < -0.4 is 5.73 Å². The lowest BCUT2D eigenvalue weighted by atomic mass is 10.2. The van der Waals surface area contributed by atoms with Crippen LogP contribution in [-0.4, -0.2) is 46.2 Å². The van der Waals surface area contributed by atoms with Gasteiger partial charge in [-0.1, -0.05) is 12.1 Å². The second kappa shape index (κ2) is 7.06. The normalized spacial score (nSPS) is 15.0. The van der Waals surface area contributed by atoms with Gasteiger partial charge in [-0.05, 0) is 17.7 Å². The Hall–Kier alpha value is -2.32. The molecule has 1 aromatic heterocycles. The molecule has 2 aromatic rings. The number of aromatic nitrogens is 1. The summed E-state index contributed by atoms with van der Waals surface area (Å²) in [4.78, 5) is 32.0. The molecule has 1 aromatic carbocycles. The van der Waals surface area contributed by atoms with Gasteiger partial charge in [-0.15, -0.1) is 11.3 Å². The molecular formula is C16H17FN4O2S. The lowest BCUT2D eigenvalue weighted by Gasteiger charge is -2.34. The summed E-state index contributed by atoms with van der Waals surface area (Å²) < 4.78 is 13.2. The molecule has 8 heteroatoms. The summed E-state index contributed by atoms with van der Waals surface area (Å²) in [7, 11) is 0. The van der Waals surface area contributed by atoms with Crippen LogP contribution in [0.2, 0.25) is 0 Å². The number of hydrogen-bond acceptors (Lipinski definition) is 5. The molecule has 1 aliphatic rings. The first-order valence-electron chi connectivity index (χ1n) is 7.53. The lowest BCUT2D eigenvalue weighted by Crippen LogP contribution is -2.51. The maximum Gasteiger partial charge on any atom is 0.273 e. The smallest absolute Gasteiger partial charge is 0.273 e. The fourth-order valence-electron chi connectivity index (χ4n) is 2.57. The molecule has 0 unspecified atom stereocenters.